The summed E-state index contributed by atoms with van der Waals surface area (Å²) in [5, 5.41) is 14.9. The van der Waals surface area contributed by atoms with Crippen LogP contribution in [0, 0.1) is 17.0 Å². The average molecular weight is 428 g/mol. The van der Waals surface area contributed by atoms with Crippen molar-refractivity contribution in [2.75, 3.05) is 16.8 Å². The molecular weight excluding hydrogens is 410 g/mol. The van der Waals surface area contributed by atoms with Gasteiger partial charge in [-0.25, -0.2) is 9.97 Å². The zero-order valence-electron chi connectivity index (χ0n) is 14.9. The SMILES string of the molecule is CCN(c1cccc(C)c1)c1ncnc(Nc2ccc(Br)cc2)c1[N+](=O)[O-]. The van der Waals surface area contributed by atoms with Crippen LogP contribution in [0.2, 0.25) is 0 Å². The van der Waals surface area contributed by atoms with Crippen molar-refractivity contribution in [3.8, 4) is 0 Å². The van der Waals surface area contributed by atoms with Crippen molar-refractivity contribution in [3.63, 3.8) is 0 Å². The maximum absolute atomic E-state index is 11.9. The number of rotatable bonds is 6. The summed E-state index contributed by atoms with van der Waals surface area (Å²) in [6.45, 7) is 4.43. The van der Waals surface area contributed by atoms with Gasteiger partial charge in [-0.3, -0.25) is 10.1 Å². The molecule has 0 atom stereocenters. The second kappa shape index (κ2) is 8.13. The number of aromatic nitrogens is 2. The number of nitrogens with zero attached hydrogens (tertiary/aromatic N) is 4. The molecule has 0 aliphatic heterocycles. The molecule has 7 nitrogen and oxygen atoms in total. The van der Waals surface area contributed by atoms with E-state index in [1.54, 1.807) is 4.90 Å². The zero-order valence-corrected chi connectivity index (χ0v) is 16.5. The Kier molecular flexibility index (Phi) is 5.66. The van der Waals surface area contributed by atoms with Gasteiger partial charge in [-0.1, -0.05) is 28.1 Å². The highest BCUT2D eigenvalue weighted by Gasteiger charge is 2.27. The summed E-state index contributed by atoms with van der Waals surface area (Å²) in [4.78, 5) is 21.5. The van der Waals surface area contributed by atoms with Crippen molar-refractivity contribution in [3.05, 3.63) is 75.0 Å². The molecule has 1 N–H and O–H groups in total. The van der Waals surface area contributed by atoms with Gasteiger partial charge in [0.2, 0.25) is 11.6 Å². The lowest BCUT2D eigenvalue weighted by atomic mass is 10.2. The van der Waals surface area contributed by atoms with Gasteiger partial charge in [0.05, 0.1) is 4.92 Å². The molecule has 0 radical (unpaired) electrons. The monoisotopic (exact) mass is 427 g/mol. The Bertz CT molecular complexity index is 963. The molecule has 0 saturated carbocycles. The number of benzene rings is 2. The summed E-state index contributed by atoms with van der Waals surface area (Å²) in [7, 11) is 0. The molecule has 0 bridgehead atoms. The largest absolute Gasteiger partial charge is 0.354 e. The Morgan fingerprint density at radius 1 is 1.19 bits per heavy atom. The minimum Gasteiger partial charge on any atom is -0.334 e. The number of aryl methyl sites for hydroxylation is 1. The molecule has 0 saturated heterocycles. The fraction of sp³-hybridized carbons (Fsp3) is 0.158. The molecule has 27 heavy (non-hydrogen) atoms. The summed E-state index contributed by atoms with van der Waals surface area (Å²) in [5.74, 6) is 0.404. The van der Waals surface area contributed by atoms with Crippen LogP contribution in [0.1, 0.15) is 12.5 Å². The minimum absolute atomic E-state index is 0.151. The Morgan fingerprint density at radius 2 is 1.93 bits per heavy atom. The quantitative estimate of drug-likeness (QED) is 0.421. The van der Waals surface area contributed by atoms with Gasteiger partial charge in [0, 0.05) is 22.4 Å². The number of hydrogen-bond acceptors (Lipinski definition) is 6. The van der Waals surface area contributed by atoms with E-state index in [1.807, 2.05) is 62.4 Å². The first-order valence-electron chi connectivity index (χ1n) is 8.35. The Morgan fingerprint density at radius 3 is 2.56 bits per heavy atom. The number of hydrogen-bond donors (Lipinski definition) is 1. The number of nitrogens with one attached hydrogen (secondary N) is 1. The Hall–Kier alpha value is -3.00. The van der Waals surface area contributed by atoms with Crippen LogP contribution < -0.4 is 10.2 Å². The average Bonchev–Trinajstić information content (AvgIpc) is 2.64. The molecule has 0 spiro atoms. The van der Waals surface area contributed by atoms with Crippen LogP contribution in [0.4, 0.5) is 28.7 Å². The summed E-state index contributed by atoms with van der Waals surface area (Å²) in [6, 6.07) is 15.1. The molecule has 0 fully saturated rings. The second-order valence-corrected chi connectivity index (χ2v) is 6.78. The lowest BCUT2D eigenvalue weighted by molar-refractivity contribution is -0.383. The first kappa shape index (κ1) is 18.8. The van der Waals surface area contributed by atoms with Gasteiger partial charge < -0.3 is 10.2 Å². The maximum atomic E-state index is 11.9. The summed E-state index contributed by atoms with van der Waals surface area (Å²) < 4.78 is 0.919. The second-order valence-electron chi connectivity index (χ2n) is 5.87. The van der Waals surface area contributed by atoms with Gasteiger partial charge >= 0.3 is 5.69 Å². The molecule has 0 aliphatic carbocycles. The van der Waals surface area contributed by atoms with Crippen LogP contribution in [-0.4, -0.2) is 21.4 Å². The first-order chi connectivity index (χ1) is 13.0. The van der Waals surface area contributed by atoms with E-state index in [4.69, 9.17) is 0 Å². The van der Waals surface area contributed by atoms with Crippen LogP contribution >= 0.6 is 15.9 Å². The predicted molar refractivity (Wildman–Crippen MR) is 110 cm³/mol. The third-order valence-electron chi connectivity index (χ3n) is 3.98. The van der Waals surface area contributed by atoms with Gasteiger partial charge in [-0.2, -0.15) is 0 Å². The third-order valence-corrected chi connectivity index (χ3v) is 4.51. The van der Waals surface area contributed by atoms with E-state index in [-0.39, 0.29) is 17.3 Å². The summed E-state index contributed by atoms with van der Waals surface area (Å²) >= 11 is 3.37. The van der Waals surface area contributed by atoms with E-state index in [9.17, 15) is 10.1 Å². The third kappa shape index (κ3) is 4.22. The van der Waals surface area contributed by atoms with Crippen LogP contribution in [0.5, 0.6) is 0 Å². The molecule has 0 amide bonds. The molecule has 2 aromatic carbocycles. The molecule has 0 unspecified atom stereocenters. The van der Waals surface area contributed by atoms with E-state index in [2.05, 4.69) is 31.2 Å². The topological polar surface area (TPSA) is 84.2 Å². The number of anilines is 4. The standard InChI is InChI=1S/C19H18BrN5O2/c1-3-24(16-6-4-5-13(2)11-16)19-17(25(26)27)18(21-12-22-19)23-15-9-7-14(20)8-10-15/h4-12H,3H2,1-2H3,(H,21,22,23). The highest BCUT2D eigenvalue weighted by atomic mass is 79.9. The lowest BCUT2D eigenvalue weighted by Crippen LogP contribution is -2.19. The highest BCUT2D eigenvalue weighted by Crippen LogP contribution is 2.37. The van der Waals surface area contributed by atoms with E-state index >= 15 is 0 Å². The predicted octanol–water partition coefficient (Wildman–Crippen LogP) is 5.36. The fourth-order valence-corrected chi connectivity index (χ4v) is 3.01. The van der Waals surface area contributed by atoms with Crippen LogP contribution in [0.3, 0.4) is 0 Å². The van der Waals surface area contributed by atoms with E-state index in [0.717, 1.165) is 15.7 Å². The van der Waals surface area contributed by atoms with E-state index < -0.39 is 4.92 Å². The van der Waals surface area contributed by atoms with Crippen LogP contribution in [0.15, 0.2) is 59.3 Å². The number of nitro groups is 1. The fourth-order valence-electron chi connectivity index (χ4n) is 2.75. The maximum Gasteiger partial charge on any atom is 0.354 e. The first-order valence-corrected chi connectivity index (χ1v) is 9.15. The van der Waals surface area contributed by atoms with Crippen molar-refractivity contribution < 1.29 is 4.92 Å². The van der Waals surface area contributed by atoms with Crippen LogP contribution in [0.25, 0.3) is 0 Å². The molecule has 138 valence electrons. The van der Waals surface area contributed by atoms with Crippen molar-refractivity contribution in [2.45, 2.75) is 13.8 Å². The molecule has 0 aliphatic rings. The lowest BCUT2D eigenvalue weighted by Gasteiger charge is -2.22. The summed E-state index contributed by atoms with van der Waals surface area (Å²) in [5.41, 5.74) is 2.44. The van der Waals surface area contributed by atoms with Gasteiger partial charge in [0.15, 0.2) is 0 Å². The Labute approximate surface area is 165 Å². The van der Waals surface area contributed by atoms with Gasteiger partial charge in [0.25, 0.3) is 0 Å². The Balaban J connectivity index is 2.07. The molecule has 3 aromatic rings. The van der Waals surface area contributed by atoms with Crippen molar-refractivity contribution in [1.82, 2.24) is 9.97 Å². The molecule has 3 rings (SSSR count). The van der Waals surface area contributed by atoms with E-state index in [0.29, 0.717) is 12.2 Å². The van der Waals surface area contributed by atoms with Crippen molar-refractivity contribution in [1.29, 1.82) is 0 Å². The molecule has 8 heteroatoms. The molecular formula is C19H18BrN5O2. The van der Waals surface area contributed by atoms with Gasteiger partial charge in [-0.05, 0) is 55.8 Å². The minimum atomic E-state index is -0.449. The van der Waals surface area contributed by atoms with E-state index in [1.165, 1.54) is 6.33 Å². The zero-order chi connectivity index (χ0) is 19.4. The molecule has 1 heterocycles. The van der Waals surface area contributed by atoms with Gasteiger partial charge in [0.1, 0.15) is 6.33 Å². The van der Waals surface area contributed by atoms with Crippen molar-refractivity contribution in [2.24, 2.45) is 0 Å². The van der Waals surface area contributed by atoms with Crippen molar-refractivity contribution >= 4 is 44.6 Å². The normalized spacial score (nSPS) is 10.5. The van der Waals surface area contributed by atoms with Gasteiger partial charge in [-0.15, -0.1) is 0 Å². The van der Waals surface area contributed by atoms with Crippen LogP contribution in [-0.2, 0) is 0 Å². The highest BCUT2D eigenvalue weighted by molar-refractivity contribution is 9.10. The smallest absolute Gasteiger partial charge is 0.334 e. The number of halogens is 1. The summed E-state index contributed by atoms with van der Waals surface area (Å²) in [6.07, 6.45) is 1.34. The molecule has 1 aromatic heterocycles.